The van der Waals surface area contributed by atoms with Gasteiger partial charge in [0.15, 0.2) is 0 Å². The molecule has 0 spiro atoms. The van der Waals surface area contributed by atoms with Gasteiger partial charge in [-0.1, -0.05) is 27.7 Å². The highest BCUT2D eigenvalue weighted by molar-refractivity contribution is 5.57. The molecule has 0 aliphatic rings. The van der Waals surface area contributed by atoms with Crippen LogP contribution >= 0.6 is 0 Å². The van der Waals surface area contributed by atoms with E-state index >= 15 is 0 Å². The third-order valence-electron chi connectivity index (χ3n) is 3.21. The molecule has 0 saturated carbocycles. The summed E-state index contributed by atoms with van der Waals surface area (Å²) in [4.78, 5) is 9.34. The van der Waals surface area contributed by atoms with E-state index in [-0.39, 0.29) is 11.5 Å². The second kappa shape index (κ2) is 7.59. The van der Waals surface area contributed by atoms with Gasteiger partial charge in [-0.3, -0.25) is 0 Å². The van der Waals surface area contributed by atoms with Crippen molar-refractivity contribution in [2.75, 3.05) is 23.7 Å². The van der Waals surface area contributed by atoms with Gasteiger partial charge < -0.3 is 15.7 Å². The van der Waals surface area contributed by atoms with E-state index in [0.717, 1.165) is 36.0 Å². The molecule has 0 radical (unpaired) electrons. The van der Waals surface area contributed by atoms with Crippen molar-refractivity contribution in [2.24, 2.45) is 0 Å². The maximum Gasteiger partial charge on any atom is 0.138 e. The van der Waals surface area contributed by atoms with Crippen molar-refractivity contribution in [2.45, 2.75) is 65.9 Å². The van der Waals surface area contributed by atoms with E-state index in [9.17, 15) is 5.11 Å². The third-order valence-corrected chi connectivity index (χ3v) is 3.21. The molecule has 1 aromatic heterocycles. The molecule has 1 rings (SSSR count). The van der Waals surface area contributed by atoms with E-state index < -0.39 is 0 Å². The van der Waals surface area contributed by atoms with Gasteiger partial charge in [-0.2, -0.15) is 0 Å². The zero-order chi connectivity index (χ0) is 16.0. The van der Waals surface area contributed by atoms with Crippen molar-refractivity contribution < 1.29 is 5.11 Å². The Morgan fingerprint density at radius 3 is 2.05 bits per heavy atom. The van der Waals surface area contributed by atoms with Crippen LogP contribution in [0.1, 0.15) is 58.8 Å². The minimum Gasteiger partial charge on any atom is -0.393 e. The van der Waals surface area contributed by atoms with Crippen LogP contribution in [0.3, 0.4) is 0 Å². The van der Waals surface area contributed by atoms with Crippen LogP contribution in [-0.2, 0) is 5.41 Å². The highest BCUT2D eigenvalue weighted by atomic mass is 16.3. The molecule has 3 N–H and O–H groups in total. The summed E-state index contributed by atoms with van der Waals surface area (Å²) in [6, 6.07) is 0. The number of nitrogens with one attached hydrogen (secondary N) is 2. The molecule has 1 aromatic rings. The lowest BCUT2D eigenvalue weighted by atomic mass is 9.95. The van der Waals surface area contributed by atoms with E-state index in [2.05, 4.69) is 48.3 Å². The second-order valence-corrected chi connectivity index (χ2v) is 6.61. The second-order valence-electron chi connectivity index (χ2n) is 6.61. The molecule has 1 heterocycles. The molecule has 0 bridgehead atoms. The summed E-state index contributed by atoms with van der Waals surface area (Å²) in [5.74, 6) is 2.58. The lowest BCUT2D eigenvalue weighted by molar-refractivity contribution is 0.188. The molecule has 1 atom stereocenters. The number of aromatic nitrogens is 2. The van der Waals surface area contributed by atoms with E-state index in [1.54, 1.807) is 6.92 Å². The van der Waals surface area contributed by atoms with Gasteiger partial charge >= 0.3 is 0 Å². The van der Waals surface area contributed by atoms with E-state index in [0.29, 0.717) is 13.0 Å². The van der Waals surface area contributed by atoms with Gasteiger partial charge in [-0.15, -0.1) is 0 Å². The first kappa shape index (κ1) is 17.7. The van der Waals surface area contributed by atoms with Crippen LogP contribution in [0.15, 0.2) is 0 Å². The average molecular weight is 294 g/mol. The predicted octanol–water partition coefficient (Wildman–Crippen LogP) is 3.09. The molecule has 0 fully saturated rings. The van der Waals surface area contributed by atoms with Crippen molar-refractivity contribution in [3.8, 4) is 0 Å². The highest BCUT2D eigenvalue weighted by Crippen LogP contribution is 2.26. The number of hydrogen-bond acceptors (Lipinski definition) is 5. The highest BCUT2D eigenvalue weighted by Gasteiger charge is 2.21. The summed E-state index contributed by atoms with van der Waals surface area (Å²) in [6.07, 6.45) is 1.45. The van der Waals surface area contributed by atoms with Crippen LogP contribution in [-0.4, -0.2) is 34.3 Å². The van der Waals surface area contributed by atoms with E-state index in [1.807, 2.05) is 6.92 Å². The van der Waals surface area contributed by atoms with Crippen molar-refractivity contribution in [1.29, 1.82) is 0 Å². The van der Waals surface area contributed by atoms with Crippen LogP contribution in [0.4, 0.5) is 11.6 Å². The zero-order valence-electron chi connectivity index (χ0n) is 14.2. The normalized spacial score (nSPS) is 13.1. The Balaban J connectivity index is 3.03. The molecule has 0 amide bonds. The largest absolute Gasteiger partial charge is 0.393 e. The Kier molecular flexibility index (Phi) is 6.40. The van der Waals surface area contributed by atoms with Crippen molar-refractivity contribution in [3.63, 3.8) is 0 Å². The average Bonchev–Trinajstić information content (AvgIpc) is 2.37. The van der Waals surface area contributed by atoms with Gasteiger partial charge in [-0.25, -0.2) is 9.97 Å². The molecule has 0 aliphatic carbocycles. The summed E-state index contributed by atoms with van der Waals surface area (Å²) in [5.41, 5.74) is 0.930. The molecule has 0 aliphatic heterocycles. The van der Waals surface area contributed by atoms with Gasteiger partial charge in [0.2, 0.25) is 0 Å². The summed E-state index contributed by atoms with van der Waals surface area (Å²) in [5, 5.41) is 16.1. The molecular formula is C16H30N4O. The number of nitrogens with zero attached hydrogens (tertiary/aromatic N) is 2. The standard InChI is InChI=1S/C16H30N4O/c1-7-9-17-13-12(3)14(18-10-8-11(2)21)20-15(19-13)16(4,5)6/h11,21H,7-10H2,1-6H3,(H2,17,18,19,20). The number of hydrogen-bond donors (Lipinski definition) is 3. The van der Waals surface area contributed by atoms with Crippen LogP contribution in [0.5, 0.6) is 0 Å². The van der Waals surface area contributed by atoms with Gasteiger partial charge in [0, 0.05) is 24.1 Å². The maximum atomic E-state index is 9.37. The van der Waals surface area contributed by atoms with Crippen LogP contribution < -0.4 is 10.6 Å². The SMILES string of the molecule is CCCNc1nc(C(C)(C)C)nc(NCCC(C)O)c1C. The maximum absolute atomic E-state index is 9.37. The molecule has 1 unspecified atom stereocenters. The Hall–Kier alpha value is -1.36. The third kappa shape index (κ3) is 5.50. The summed E-state index contributed by atoms with van der Waals surface area (Å²) < 4.78 is 0. The van der Waals surface area contributed by atoms with Gasteiger partial charge in [0.05, 0.1) is 6.10 Å². The Morgan fingerprint density at radius 1 is 1.10 bits per heavy atom. The Labute approximate surface area is 128 Å². The number of rotatable bonds is 7. The number of aliphatic hydroxyl groups excluding tert-OH is 1. The van der Waals surface area contributed by atoms with Crippen molar-refractivity contribution in [3.05, 3.63) is 11.4 Å². The van der Waals surface area contributed by atoms with Crippen molar-refractivity contribution in [1.82, 2.24) is 9.97 Å². The summed E-state index contributed by atoms with van der Waals surface area (Å²) in [7, 11) is 0. The molecular weight excluding hydrogens is 264 g/mol. The van der Waals surface area contributed by atoms with Gasteiger partial charge in [0.25, 0.3) is 0 Å². The fourth-order valence-corrected chi connectivity index (χ4v) is 1.84. The quantitative estimate of drug-likeness (QED) is 0.721. The molecule has 0 saturated heterocycles. The first-order valence-corrected chi connectivity index (χ1v) is 7.80. The van der Waals surface area contributed by atoms with Crippen molar-refractivity contribution >= 4 is 11.6 Å². The predicted molar refractivity (Wildman–Crippen MR) is 89.0 cm³/mol. The molecule has 0 aromatic carbocycles. The smallest absolute Gasteiger partial charge is 0.138 e. The van der Waals surface area contributed by atoms with Gasteiger partial charge in [-0.05, 0) is 26.7 Å². The molecule has 120 valence electrons. The number of aliphatic hydroxyl groups is 1. The molecule has 21 heavy (non-hydrogen) atoms. The minimum absolute atomic E-state index is 0.100. The first-order chi connectivity index (χ1) is 9.75. The van der Waals surface area contributed by atoms with Crippen LogP contribution in [0, 0.1) is 6.92 Å². The Morgan fingerprint density at radius 2 is 1.62 bits per heavy atom. The zero-order valence-corrected chi connectivity index (χ0v) is 14.2. The van der Waals surface area contributed by atoms with E-state index in [1.165, 1.54) is 0 Å². The molecule has 5 heteroatoms. The Bertz CT molecular complexity index is 452. The topological polar surface area (TPSA) is 70.1 Å². The van der Waals surface area contributed by atoms with E-state index in [4.69, 9.17) is 0 Å². The van der Waals surface area contributed by atoms with Gasteiger partial charge in [0.1, 0.15) is 17.5 Å². The fourth-order valence-electron chi connectivity index (χ4n) is 1.84. The monoisotopic (exact) mass is 294 g/mol. The lowest BCUT2D eigenvalue weighted by Crippen LogP contribution is -2.21. The summed E-state index contributed by atoms with van der Waals surface area (Å²) in [6.45, 7) is 13.9. The fraction of sp³-hybridized carbons (Fsp3) is 0.750. The van der Waals surface area contributed by atoms with Crippen LogP contribution in [0.2, 0.25) is 0 Å². The van der Waals surface area contributed by atoms with Crippen LogP contribution in [0.25, 0.3) is 0 Å². The minimum atomic E-state index is -0.306. The number of anilines is 2. The lowest BCUT2D eigenvalue weighted by Gasteiger charge is -2.21. The summed E-state index contributed by atoms with van der Waals surface area (Å²) >= 11 is 0. The first-order valence-electron chi connectivity index (χ1n) is 7.80. The molecule has 5 nitrogen and oxygen atoms in total.